The molecule has 5 nitrogen and oxygen atoms in total. The van der Waals surface area contributed by atoms with E-state index in [0.29, 0.717) is 12.4 Å². The summed E-state index contributed by atoms with van der Waals surface area (Å²) in [4.78, 5) is 6.63. The molecule has 1 aromatic heterocycles. The topological polar surface area (TPSA) is 62.3 Å². The predicted octanol–water partition coefficient (Wildman–Crippen LogP) is 3.01. The zero-order valence-electron chi connectivity index (χ0n) is 14.4. The van der Waals surface area contributed by atoms with Crippen LogP contribution in [0.1, 0.15) is 18.4 Å². The van der Waals surface area contributed by atoms with Gasteiger partial charge in [0.2, 0.25) is 0 Å². The molecule has 2 heterocycles. The van der Waals surface area contributed by atoms with Crippen molar-refractivity contribution in [3.8, 4) is 0 Å². The van der Waals surface area contributed by atoms with Gasteiger partial charge in [-0.2, -0.15) is 0 Å². The lowest BCUT2D eigenvalue weighted by Crippen LogP contribution is -2.42. The van der Waals surface area contributed by atoms with Gasteiger partial charge >= 0.3 is 0 Å². The van der Waals surface area contributed by atoms with E-state index in [1.807, 2.05) is 6.92 Å². The molecule has 134 valence electrons. The fourth-order valence-electron chi connectivity index (χ4n) is 3.28. The van der Waals surface area contributed by atoms with Gasteiger partial charge in [0, 0.05) is 37.3 Å². The van der Waals surface area contributed by atoms with Crippen LogP contribution < -0.4 is 10.2 Å². The summed E-state index contributed by atoms with van der Waals surface area (Å²) in [6.07, 6.45) is 4.66. The highest BCUT2D eigenvalue weighted by Crippen LogP contribution is 2.26. The van der Waals surface area contributed by atoms with Crippen molar-refractivity contribution < 1.29 is 12.8 Å². The molecule has 0 aliphatic carbocycles. The van der Waals surface area contributed by atoms with Crippen LogP contribution >= 0.6 is 0 Å². The minimum Gasteiger partial charge on any atom is -0.369 e. The Morgan fingerprint density at radius 3 is 2.84 bits per heavy atom. The second kappa shape index (κ2) is 7.00. The second-order valence-corrected chi connectivity index (χ2v) is 8.47. The van der Waals surface area contributed by atoms with Crippen molar-refractivity contribution in [2.24, 2.45) is 0 Å². The molecule has 1 saturated heterocycles. The molecule has 1 atom stereocenters. The molecule has 1 unspecified atom stereocenters. The second-order valence-electron chi connectivity index (χ2n) is 6.48. The predicted molar refractivity (Wildman–Crippen MR) is 97.3 cm³/mol. The number of halogens is 1. The minimum absolute atomic E-state index is 0.0774. The summed E-state index contributed by atoms with van der Waals surface area (Å²) < 4.78 is 37.2. The normalized spacial score (nSPS) is 18.2. The van der Waals surface area contributed by atoms with Crippen molar-refractivity contribution in [3.63, 3.8) is 0 Å². The van der Waals surface area contributed by atoms with Crippen LogP contribution in [0.2, 0.25) is 0 Å². The average Bonchev–Trinajstić information content (AvgIpc) is 2.54. The number of hydrogen-bond donors (Lipinski definition) is 1. The van der Waals surface area contributed by atoms with E-state index in [1.54, 1.807) is 24.4 Å². The molecule has 2 aromatic rings. The van der Waals surface area contributed by atoms with Gasteiger partial charge < -0.3 is 10.2 Å². The Balaban J connectivity index is 1.79. The van der Waals surface area contributed by atoms with E-state index in [0.717, 1.165) is 30.6 Å². The number of aromatic nitrogens is 1. The zero-order chi connectivity index (χ0) is 18.0. The third kappa shape index (κ3) is 4.10. The monoisotopic (exact) mass is 363 g/mol. The lowest BCUT2D eigenvalue weighted by molar-refractivity contribution is 0.526. The van der Waals surface area contributed by atoms with Crippen molar-refractivity contribution in [2.75, 3.05) is 29.6 Å². The molecular weight excluding hydrogens is 341 g/mol. The number of aryl methyl sites for hydroxylation is 1. The van der Waals surface area contributed by atoms with Gasteiger partial charge in [-0.05, 0) is 55.7 Å². The van der Waals surface area contributed by atoms with Crippen LogP contribution in [0, 0.1) is 12.7 Å². The average molecular weight is 363 g/mol. The van der Waals surface area contributed by atoms with Gasteiger partial charge in [0.1, 0.15) is 16.5 Å². The summed E-state index contributed by atoms with van der Waals surface area (Å²) in [7, 11) is -3.34. The molecule has 7 heteroatoms. The van der Waals surface area contributed by atoms with Gasteiger partial charge in [0.25, 0.3) is 0 Å². The molecular formula is C18H22FN3O2S. The van der Waals surface area contributed by atoms with E-state index in [1.165, 1.54) is 18.4 Å². The molecule has 0 amide bonds. The summed E-state index contributed by atoms with van der Waals surface area (Å²) in [5.74, 6) is 0.159. The van der Waals surface area contributed by atoms with E-state index in [9.17, 15) is 12.8 Å². The Labute approximate surface area is 147 Å². The maximum Gasteiger partial charge on any atom is 0.179 e. The minimum atomic E-state index is -3.34. The van der Waals surface area contributed by atoms with Gasteiger partial charge in [-0.3, -0.25) is 0 Å². The van der Waals surface area contributed by atoms with Crippen molar-refractivity contribution in [2.45, 2.75) is 30.7 Å². The van der Waals surface area contributed by atoms with Gasteiger partial charge in [-0.15, -0.1) is 0 Å². The number of hydrogen-bond acceptors (Lipinski definition) is 5. The third-order valence-corrected chi connectivity index (χ3v) is 5.56. The van der Waals surface area contributed by atoms with Crippen LogP contribution in [-0.4, -0.2) is 38.8 Å². The summed E-state index contributed by atoms with van der Waals surface area (Å²) in [5, 5.41) is 3.28. The molecule has 1 N–H and O–H groups in total. The molecule has 0 saturated carbocycles. The van der Waals surface area contributed by atoms with E-state index in [4.69, 9.17) is 0 Å². The Kier molecular flexibility index (Phi) is 4.94. The number of anilines is 2. The van der Waals surface area contributed by atoms with E-state index >= 15 is 0 Å². The molecule has 1 aliphatic rings. The number of piperidine rings is 1. The van der Waals surface area contributed by atoms with Crippen molar-refractivity contribution in [1.82, 2.24) is 4.98 Å². The fraction of sp³-hybridized carbons (Fsp3) is 0.389. The smallest absolute Gasteiger partial charge is 0.179 e. The first-order valence-corrected chi connectivity index (χ1v) is 10.2. The largest absolute Gasteiger partial charge is 0.369 e. The molecule has 0 spiro atoms. The molecule has 0 bridgehead atoms. The van der Waals surface area contributed by atoms with Crippen molar-refractivity contribution in [1.29, 1.82) is 0 Å². The number of rotatable bonds is 4. The molecule has 0 radical (unpaired) electrons. The number of benzene rings is 1. The summed E-state index contributed by atoms with van der Waals surface area (Å²) in [6, 6.07) is 8.07. The molecule has 1 aliphatic heterocycles. The van der Waals surface area contributed by atoms with Crippen LogP contribution in [0.15, 0.2) is 41.4 Å². The SMILES string of the molecule is Cc1cc(F)ccc1N1CCCC(Nc2ncccc2S(C)(=O)=O)C1. The summed E-state index contributed by atoms with van der Waals surface area (Å²) in [6.45, 7) is 3.51. The van der Waals surface area contributed by atoms with E-state index in [2.05, 4.69) is 15.2 Å². The lowest BCUT2D eigenvalue weighted by atomic mass is 10.0. The first kappa shape index (κ1) is 17.7. The number of pyridine rings is 1. The lowest BCUT2D eigenvalue weighted by Gasteiger charge is -2.36. The van der Waals surface area contributed by atoms with Crippen LogP contribution in [0.3, 0.4) is 0 Å². The highest BCUT2D eigenvalue weighted by atomic mass is 32.2. The van der Waals surface area contributed by atoms with Crippen LogP contribution in [-0.2, 0) is 9.84 Å². The Morgan fingerprint density at radius 2 is 2.12 bits per heavy atom. The fourth-order valence-corrected chi connectivity index (χ4v) is 4.07. The maximum absolute atomic E-state index is 13.3. The Bertz CT molecular complexity index is 870. The Morgan fingerprint density at radius 1 is 1.32 bits per heavy atom. The molecule has 25 heavy (non-hydrogen) atoms. The van der Waals surface area contributed by atoms with Gasteiger partial charge in [0.15, 0.2) is 9.84 Å². The van der Waals surface area contributed by atoms with E-state index < -0.39 is 9.84 Å². The molecule has 1 aromatic carbocycles. The maximum atomic E-state index is 13.3. The summed E-state index contributed by atoms with van der Waals surface area (Å²) in [5.41, 5.74) is 1.91. The standard InChI is InChI=1S/C18H22FN3O2S/c1-13-11-14(19)7-8-16(13)22-10-4-5-15(12-22)21-18-17(25(2,23)24)6-3-9-20-18/h3,6-9,11,15H,4-5,10,12H2,1-2H3,(H,20,21). The van der Waals surface area contributed by atoms with Crippen LogP contribution in [0.25, 0.3) is 0 Å². The van der Waals surface area contributed by atoms with E-state index in [-0.39, 0.29) is 16.8 Å². The number of nitrogens with one attached hydrogen (secondary N) is 1. The van der Waals surface area contributed by atoms with Crippen LogP contribution in [0.4, 0.5) is 15.9 Å². The zero-order valence-corrected chi connectivity index (χ0v) is 15.2. The summed E-state index contributed by atoms with van der Waals surface area (Å²) >= 11 is 0. The first-order chi connectivity index (χ1) is 11.8. The van der Waals surface area contributed by atoms with Crippen molar-refractivity contribution >= 4 is 21.3 Å². The number of nitrogens with zero attached hydrogens (tertiary/aromatic N) is 2. The van der Waals surface area contributed by atoms with Crippen LogP contribution in [0.5, 0.6) is 0 Å². The number of sulfone groups is 1. The first-order valence-electron chi connectivity index (χ1n) is 8.27. The molecule has 1 fully saturated rings. The quantitative estimate of drug-likeness (QED) is 0.905. The van der Waals surface area contributed by atoms with Gasteiger partial charge in [-0.25, -0.2) is 17.8 Å². The highest BCUT2D eigenvalue weighted by Gasteiger charge is 2.23. The Hall–Kier alpha value is -2.15. The highest BCUT2D eigenvalue weighted by molar-refractivity contribution is 7.90. The van der Waals surface area contributed by atoms with Gasteiger partial charge in [-0.1, -0.05) is 0 Å². The molecule has 3 rings (SSSR count). The van der Waals surface area contributed by atoms with Gasteiger partial charge in [0.05, 0.1) is 0 Å². The van der Waals surface area contributed by atoms with Crippen molar-refractivity contribution in [3.05, 3.63) is 47.9 Å². The third-order valence-electron chi connectivity index (χ3n) is 4.43.